The minimum atomic E-state index is 0.0766. The van der Waals surface area contributed by atoms with Crippen molar-refractivity contribution in [3.8, 4) is 5.75 Å². The van der Waals surface area contributed by atoms with Crippen molar-refractivity contribution in [1.82, 2.24) is 4.98 Å². The Morgan fingerprint density at radius 2 is 2.22 bits per heavy atom. The molecule has 0 unspecified atom stereocenters. The summed E-state index contributed by atoms with van der Waals surface area (Å²) in [5.74, 6) is 1.76. The maximum Gasteiger partial charge on any atom is 0.224 e. The highest BCUT2D eigenvalue weighted by Gasteiger charge is 2.14. The van der Waals surface area contributed by atoms with Gasteiger partial charge >= 0.3 is 0 Å². The zero-order valence-electron chi connectivity index (χ0n) is 12.9. The molecule has 23 heavy (non-hydrogen) atoms. The first-order valence-corrected chi connectivity index (χ1v) is 8.33. The number of fused-ring (bicyclic) bond motifs is 1. The second-order valence-electron chi connectivity index (χ2n) is 5.46. The monoisotopic (exact) mass is 375 g/mol. The largest absolute Gasteiger partial charge is 0.492 e. The lowest BCUT2D eigenvalue weighted by Gasteiger charge is -2.17. The molecule has 0 spiro atoms. The van der Waals surface area contributed by atoms with Gasteiger partial charge in [-0.15, -0.1) is 0 Å². The van der Waals surface area contributed by atoms with Gasteiger partial charge in [0.25, 0.3) is 0 Å². The lowest BCUT2D eigenvalue weighted by molar-refractivity contribution is -0.116. The van der Waals surface area contributed by atoms with Gasteiger partial charge < -0.3 is 15.4 Å². The summed E-state index contributed by atoms with van der Waals surface area (Å²) in [6.07, 6.45) is 3.07. The number of hydrogen-bond donors (Lipinski definition) is 2. The number of benzene rings is 1. The van der Waals surface area contributed by atoms with E-state index in [2.05, 4.69) is 31.5 Å². The van der Waals surface area contributed by atoms with Crippen LogP contribution >= 0.6 is 15.9 Å². The van der Waals surface area contributed by atoms with E-state index in [9.17, 15) is 4.79 Å². The van der Waals surface area contributed by atoms with Crippen LogP contribution in [0.1, 0.15) is 17.5 Å². The van der Waals surface area contributed by atoms with Crippen LogP contribution in [-0.2, 0) is 11.2 Å². The van der Waals surface area contributed by atoms with E-state index in [1.54, 1.807) is 6.20 Å². The maximum absolute atomic E-state index is 11.3. The smallest absolute Gasteiger partial charge is 0.224 e. The third-order valence-electron chi connectivity index (χ3n) is 3.68. The molecule has 120 valence electrons. The number of aryl methyl sites for hydroxylation is 2. The predicted octanol–water partition coefficient (Wildman–Crippen LogP) is 3.53. The van der Waals surface area contributed by atoms with Crippen LogP contribution in [0.4, 0.5) is 11.5 Å². The molecular weight excluding hydrogens is 358 g/mol. The van der Waals surface area contributed by atoms with Crippen molar-refractivity contribution in [3.05, 3.63) is 46.1 Å². The first kappa shape index (κ1) is 15.8. The molecule has 3 rings (SSSR count). The molecule has 5 nitrogen and oxygen atoms in total. The lowest BCUT2D eigenvalue weighted by atomic mass is 10.0. The number of pyridine rings is 1. The number of hydrogen-bond acceptors (Lipinski definition) is 4. The molecule has 2 N–H and O–H groups in total. The number of ether oxygens (including phenoxy) is 1. The van der Waals surface area contributed by atoms with Crippen LogP contribution in [0.3, 0.4) is 0 Å². The Hall–Kier alpha value is -2.08. The van der Waals surface area contributed by atoms with E-state index in [-0.39, 0.29) is 5.91 Å². The Labute approximate surface area is 143 Å². The fourth-order valence-corrected chi connectivity index (χ4v) is 2.96. The van der Waals surface area contributed by atoms with E-state index in [0.717, 1.165) is 39.3 Å². The third-order valence-corrected chi connectivity index (χ3v) is 4.11. The van der Waals surface area contributed by atoms with Crippen molar-refractivity contribution >= 4 is 33.3 Å². The van der Waals surface area contributed by atoms with Gasteiger partial charge in [0.15, 0.2) is 0 Å². The van der Waals surface area contributed by atoms with Gasteiger partial charge in [-0.3, -0.25) is 4.79 Å². The molecule has 0 fully saturated rings. The Bertz CT molecular complexity index is 734. The number of aromatic nitrogens is 1. The van der Waals surface area contributed by atoms with Crippen molar-refractivity contribution in [2.24, 2.45) is 0 Å². The molecule has 1 amide bonds. The van der Waals surface area contributed by atoms with E-state index in [0.29, 0.717) is 19.6 Å². The van der Waals surface area contributed by atoms with Crippen molar-refractivity contribution in [2.75, 3.05) is 23.8 Å². The summed E-state index contributed by atoms with van der Waals surface area (Å²) in [4.78, 5) is 15.7. The Morgan fingerprint density at radius 1 is 1.35 bits per heavy atom. The minimum Gasteiger partial charge on any atom is -0.492 e. The van der Waals surface area contributed by atoms with Crippen molar-refractivity contribution in [3.63, 3.8) is 0 Å². The summed E-state index contributed by atoms with van der Waals surface area (Å²) >= 11 is 3.40. The summed E-state index contributed by atoms with van der Waals surface area (Å²) in [6.45, 7) is 3.23. The molecule has 0 aliphatic carbocycles. The molecule has 6 heteroatoms. The number of halogens is 1. The van der Waals surface area contributed by atoms with E-state index >= 15 is 0 Å². The molecule has 2 aromatic rings. The van der Waals surface area contributed by atoms with Gasteiger partial charge in [-0.1, -0.05) is 0 Å². The number of carbonyl (C=O) groups excluding carboxylic acids is 1. The van der Waals surface area contributed by atoms with Crippen LogP contribution in [0.2, 0.25) is 0 Å². The van der Waals surface area contributed by atoms with Gasteiger partial charge in [-0.25, -0.2) is 4.98 Å². The number of rotatable bonds is 5. The van der Waals surface area contributed by atoms with Crippen molar-refractivity contribution < 1.29 is 9.53 Å². The Kier molecular flexibility index (Phi) is 4.81. The molecular formula is C17H18BrN3O2. The van der Waals surface area contributed by atoms with Crippen LogP contribution in [0, 0.1) is 6.92 Å². The number of carbonyl (C=O) groups is 1. The zero-order valence-corrected chi connectivity index (χ0v) is 14.4. The number of amides is 1. The fraction of sp³-hybridized carbons (Fsp3) is 0.294. The van der Waals surface area contributed by atoms with Gasteiger partial charge in [0.2, 0.25) is 5.91 Å². The second kappa shape index (κ2) is 7.00. The number of anilines is 2. The van der Waals surface area contributed by atoms with E-state index in [1.807, 2.05) is 31.2 Å². The van der Waals surface area contributed by atoms with E-state index in [1.165, 1.54) is 0 Å². The molecule has 2 heterocycles. The normalized spacial score (nSPS) is 13.2. The van der Waals surface area contributed by atoms with Crippen molar-refractivity contribution in [1.29, 1.82) is 0 Å². The van der Waals surface area contributed by atoms with Crippen LogP contribution in [0.25, 0.3) is 0 Å². The van der Waals surface area contributed by atoms with Gasteiger partial charge in [-0.2, -0.15) is 0 Å². The van der Waals surface area contributed by atoms with E-state index in [4.69, 9.17) is 4.74 Å². The van der Waals surface area contributed by atoms with Gasteiger partial charge in [0, 0.05) is 22.8 Å². The van der Waals surface area contributed by atoms with Gasteiger partial charge in [0.1, 0.15) is 18.2 Å². The molecule has 1 aliphatic rings. The highest BCUT2D eigenvalue weighted by Crippen LogP contribution is 2.26. The summed E-state index contributed by atoms with van der Waals surface area (Å²) in [5.41, 5.74) is 3.10. The van der Waals surface area contributed by atoms with Gasteiger partial charge in [-0.05, 0) is 64.7 Å². The predicted molar refractivity (Wildman–Crippen MR) is 94.1 cm³/mol. The zero-order chi connectivity index (χ0) is 16.2. The summed E-state index contributed by atoms with van der Waals surface area (Å²) in [6, 6.07) is 7.80. The quantitative estimate of drug-likeness (QED) is 0.784. The first-order valence-electron chi connectivity index (χ1n) is 7.53. The molecule has 0 radical (unpaired) electrons. The molecule has 1 aromatic carbocycles. The summed E-state index contributed by atoms with van der Waals surface area (Å²) in [7, 11) is 0. The number of nitrogens with zero attached hydrogens (tertiary/aromatic N) is 1. The third kappa shape index (κ3) is 4.01. The molecule has 0 saturated carbocycles. The topological polar surface area (TPSA) is 63.3 Å². The average Bonchev–Trinajstić information content (AvgIpc) is 2.53. The maximum atomic E-state index is 11.3. The Balaban J connectivity index is 1.52. The SMILES string of the molecule is Cc1cc(Br)cnc1NCCOc1ccc2c(c1)CCC(=O)N2. The Morgan fingerprint density at radius 3 is 3.04 bits per heavy atom. The number of nitrogens with one attached hydrogen (secondary N) is 2. The van der Waals surface area contributed by atoms with Crippen LogP contribution in [0.15, 0.2) is 34.9 Å². The molecule has 1 aliphatic heterocycles. The highest BCUT2D eigenvalue weighted by molar-refractivity contribution is 9.10. The fourth-order valence-electron chi connectivity index (χ4n) is 2.51. The van der Waals surface area contributed by atoms with Crippen LogP contribution in [0.5, 0.6) is 5.75 Å². The summed E-state index contributed by atoms with van der Waals surface area (Å²) < 4.78 is 6.74. The molecule has 0 bridgehead atoms. The van der Waals surface area contributed by atoms with Crippen LogP contribution in [-0.4, -0.2) is 24.0 Å². The lowest BCUT2D eigenvalue weighted by Crippen LogP contribution is -2.19. The highest BCUT2D eigenvalue weighted by atomic mass is 79.9. The molecule has 0 atom stereocenters. The van der Waals surface area contributed by atoms with Gasteiger partial charge in [0.05, 0.1) is 6.54 Å². The standard InChI is InChI=1S/C17H18BrN3O2/c1-11-8-13(18)10-20-17(11)19-6-7-23-14-3-4-15-12(9-14)2-5-16(22)21-15/h3-4,8-10H,2,5-7H2,1H3,(H,19,20)(H,21,22). The van der Waals surface area contributed by atoms with E-state index < -0.39 is 0 Å². The second-order valence-corrected chi connectivity index (χ2v) is 6.38. The first-order chi connectivity index (χ1) is 11.1. The molecule has 0 saturated heterocycles. The summed E-state index contributed by atoms with van der Waals surface area (Å²) in [5, 5.41) is 6.13. The average molecular weight is 376 g/mol. The van der Waals surface area contributed by atoms with Crippen molar-refractivity contribution in [2.45, 2.75) is 19.8 Å². The minimum absolute atomic E-state index is 0.0766. The van der Waals surface area contributed by atoms with Crippen LogP contribution < -0.4 is 15.4 Å². The molecule has 1 aromatic heterocycles.